The molecule has 4 heteroatoms. The normalized spacial score (nSPS) is 10.4. The Morgan fingerprint density at radius 1 is 1.05 bits per heavy atom. The molecular formula is C16H12N2O2. The van der Waals surface area contributed by atoms with Crippen LogP contribution in [-0.4, -0.2) is 16.3 Å². The molecule has 1 heterocycles. The number of rotatable bonds is 3. The zero-order valence-electron chi connectivity index (χ0n) is 10.9. The number of hydrogen-bond acceptors (Lipinski definition) is 4. The molecule has 2 aromatic carbocycles. The molecule has 4 nitrogen and oxygen atoms in total. The first-order chi connectivity index (χ1) is 9.78. The van der Waals surface area contributed by atoms with Crippen molar-refractivity contribution in [3.63, 3.8) is 0 Å². The van der Waals surface area contributed by atoms with Crippen LogP contribution in [0.4, 0.5) is 0 Å². The molecule has 3 aromatic rings. The molecule has 0 N–H and O–H groups in total. The quantitative estimate of drug-likeness (QED) is 0.679. The van der Waals surface area contributed by atoms with Crippen LogP contribution in [0.2, 0.25) is 0 Å². The van der Waals surface area contributed by atoms with E-state index in [0.29, 0.717) is 17.2 Å². The largest absolute Gasteiger partial charge is 0.438 e. The van der Waals surface area contributed by atoms with Gasteiger partial charge in [0.25, 0.3) is 0 Å². The Hall–Kier alpha value is -2.75. The predicted octanol–water partition coefficient (Wildman–Crippen LogP) is 3.54. The second-order valence-electron chi connectivity index (χ2n) is 4.44. The van der Waals surface area contributed by atoms with E-state index < -0.39 is 0 Å². The second kappa shape index (κ2) is 5.09. The molecule has 0 aliphatic rings. The van der Waals surface area contributed by atoms with Crippen molar-refractivity contribution in [3.8, 4) is 11.6 Å². The molecule has 0 bridgehead atoms. The number of carbonyl (C=O) groups is 1. The van der Waals surface area contributed by atoms with E-state index in [-0.39, 0.29) is 0 Å². The zero-order chi connectivity index (χ0) is 13.9. The molecule has 0 radical (unpaired) electrons. The van der Waals surface area contributed by atoms with Crippen molar-refractivity contribution < 1.29 is 9.53 Å². The SMILES string of the molecule is Cc1cccc2ncnc(Oc3ccc(C=O)cc3)c12. The molecule has 0 aliphatic carbocycles. The van der Waals surface area contributed by atoms with E-state index in [1.807, 2.05) is 25.1 Å². The van der Waals surface area contributed by atoms with E-state index in [4.69, 9.17) is 4.74 Å². The van der Waals surface area contributed by atoms with Gasteiger partial charge >= 0.3 is 0 Å². The van der Waals surface area contributed by atoms with Crippen molar-refractivity contribution in [2.45, 2.75) is 6.92 Å². The number of ether oxygens (including phenoxy) is 1. The number of benzene rings is 2. The summed E-state index contributed by atoms with van der Waals surface area (Å²) in [5, 5.41) is 0.898. The Morgan fingerprint density at radius 3 is 2.60 bits per heavy atom. The number of aryl methyl sites for hydroxylation is 1. The Bertz CT molecular complexity index is 762. The molecule has 20 heavy (non-hydrogen) atoms. The zero-order valence-corrected chi connectivity index (χ0v) is 10.9. The fraction of sp³-hybridized carbons (Fsp3) is 0.0625. The molecule has 0 amide bonds. The third-order valence-corrected chi connectivity index (χ3v) is 3.07. The van der Waals surface area contributed by atoms with E-state index >= 15 is 0 Å². The van der Waals surface area contributed by atoms with Gasteiger partial charge in [-0.1, -0.05) is 12.1 Å². The maximum Gasteiger partial charge on any atom is 0.230 e. The van der Waals surface area contributed by atoms with Gasteiger partial charge in [-0.15, -0.1) is 0 Å². The summed E-state index contributed by atoms with van der Waals surface area (Å²) < 4.78 is 5.80. The van der Waals surface area contributed by atoms with E-state index in [1.54, 1.807) is 24.3 Å². The summed E-state index contributed by atoms with van der Waals surface area (Å²) in [6, 6.07) is 12.8. The number of fused-ring (bicyclic) bond motifs is 1. The van der Waals surface area contributed by atoms with Crippen molar-refractivity contribution in [2.24, 2.45) is 0 Å². The Balaban J connectivity index is 2.03. The highest BCUT2D eigenvalue weighted by atomic mass is 16.5. The minimum absolute atomic E-state index is 0.520. The van der Waals surface area contributed by atoms with Gasteiger partial charge < -0.3 is 4.74 Å². The Labute approximate surface area is 116 Å². The van der Waals surface area contributed by atoms with Crippen molar-refractivity contribution in [2.75, 3.05) is 0 Å². The van der Waals surface area contributed by atoms with Gasteiger partial charge in [0.2, 0.25) is 5.88 Å². The maximum absolute atomic E-state index is 10.6. The van der Waals surface area contributed by atoms with Crippen LogP contribution in [0, 0.1) is 6.92 Å². The minimum Gasteiger partial charge on any atom is -0.438 e. The highest BCUT2D eigenvalue weighted by Gasteiger charge is 2.08. The number of hydrogen-bond donors (Lipinski definition) is 0. The number of carbonyl (C=O) groups excluding carboxylic acids is 1. The Morgan fingerprint density at radius 2 is 1.85 bits per heavy atom. The van der Waals surface area contributed by atoms with Gasteiger partial charge in [0.15, 0.2) is 0 Å². The highest BCUT2D eigenvalue weighted by molar-refractivity contribution is 5.86. The molecule has 0 aliphatic heterocycles. The summed E-state index contributed by atoms with van der Waals surface area (Å²) in [6.07, 6.45) is 2.28. The Kier molecular flexibility index (Phi) is 3.13. The van der Waals surface area contributed by atoms with Gasteiger partial charge in [-0.05, 0) is 42.8 Å². The second-order valence-corrected chi connectivity index (χ2v) is 4.44. The van der Waals surface area contributed by atoms with Gasteiger partial charge in [-0.2, -0.15) is 0 Å². The van der Waals surface area contributed by atoms with Crippen LogP contribution >= 0.6 is 0 Å². The maximum atomic E-state index is 10.6. The van der Waals surface area contributed by atoms with Crippen LogP contribution in [0.15, 0.2) is 48.8 Å². The molecule has 0 saturated carbocycles. The van der Waals surface area contributed by atoms with E-state index in [1.165, 1.54) is 6.33 Å². The standard InChI is InChI=1S/C16H12N2O2/c1-11-3-2-4-14-15(11)16(18-10-17-14)20-13-7-5-12(9-19)6-8-13/h2-10H,1H3. The van der Waals surface area contributed by atoms with Crippen molar-refractivity contribution >= 4 is 17.2 Å². The molecular weight excluding hydrogens is 252 g/mol. The number of nitrogens with zero attached hydrogens (tertiary/aromatic N) is 2. The molecule has 0 saturated heterocycles. The number of aromatic nitrogens is 2. The predicted molar refractivity (Wildman–Crippen MR) is 76.2 cm³/mol. The fourth-order valence-corrected chi connectivity index (χ4v) is 2.05. The molecule has 0 spiro atoms. The van der Waals surface area contributed by atoms with Gasteiger partial charge in [-0.3, -0.25) is 4.79 Å². The van der Waals surface area contributed by atoms with E-state index in [0.717, 1.165) is 22.8 Å². The summed E-state index contributed by atoms with van der Waals surface area (Å²) in [5.74, 6) is 1.16. The van der Waals surface area contributed by atoms with Crippen molar-refractivity contribution in [3.05, 3.63) is 59.9 Å². The van der Waals surface area contributed by atoms with E-state index in [9.17, 15) is 4.79 Å². The third kappa shape index (κ3) is 2.23. The average Bonchev–Trinajstić information content (AvgIpc) is 2.48. The molecule has 3 rings (SSSR count). The van der Waals surface area contributed by atoms with Crippen LogP contribution in [0.5, 0.6) is 11.6 Å². The lowest BCUT2D eigenvalue weighted by molar-refractivity contribution is 0.112. The van der Waals surface area contributed by atoms with Crippen LogP contribution in [0.25, 0.3) is 10.9 Å². The first-order valence-corrected chi connectivity index (χ1v) is 6.21. The molecule has 0 fully saturated rings. The number of aldehydes is 1. The summed E-state index contributed by atoms with van der Waals surface area (Å²) in [4.78, 5) is 19.1. The molecule has 1 aromatic heterocycles. The summed E-state index contributed by atoms with van der Waals surface area (Å²) in [7, 11) is 0. The smallest absolute Gasteiger partial charge is 0.230 e. The van der Waals surface area contributed by atoms with Crippen LogP contribution in [-0.2, 0) is 0 Å². The minimum atomic E-state index is 0.520. The van der Waals surface area contributed by atoms with Gasteiger partial charge in [0, 0.05) is 5.56 Å². The first kappa shape index (κ1) is 12.3. The lowest BCUT2D eigenvalue weighted by Gasteiger charge is -2.09. The highest BCUT2D eigenvalue weighted by Crippen LogP contribution is 2.28. The summed E-state index contributed by atoms with van der Waals surface area (Å²) in [5.41, 5.74) is 2.52. The van der Waals surface area contributed by atoms with E-state index in [2.05, 4.69) is 9.97 Å². The van der Waals surface area contributed by atoms with Gasteiger partial charge in [-0.25, -0.2) is 9.97 Å². The third-order valence-electron chi connectivity index (χ3n) is 3.07. The van der Waals surface area contributed by atoms with Gasteiger partial charge in [0.1, 0.15) is 18.4 Å². The first-order valence-electron chi connectivity index (χ1n) is 6.21. The van der Waals surface area contributed by atoms with Crippen LogP contribution in [0.3, 0.4) is 0 Å². The lowest BCUT2D eigenvalue weighted by Crippen LogP contribution is -1.93. The summed E-state index contributed by atoms with van der Waals surface area (Å²) >= 11 is 0. The van der Waals surface area contributed by atoms with Crippen LogP contribution < -0.4 is 4.74 Å². The molecule has 0 atom stereocenters. The summed E-state index contributed by atoms with van der Waals surface area (Å²) in [6.45, 7) is 1.99. The van der Waals surface area contributed by atoms with Crippen LogP contribution in [0.1, 0.15) is 15.9 Å². The van der Waals surface area contributed by atoms with Crippen molar-refractivity contribution in [1.82, 2.24) is 9.97 Å². The monoisotopic (exact) mass is 264 g/mol. The lowest BCUT2D eigenvalue weighted by atomic mass is 10.1. The molecule has 0 unspecified atom stereocenters. The molecule has 98 valence electrons. The topological polar surface area (TPSA) is 52.1 Å². The average molecular weight is 264 g/mol. The van der Waals surface area contributed by atoms with Gasteiger partial charge in [0.05, 0.1) is 10.9 Å². The fourth-order valence-electron chi connectivity index (χ4n) is 2.05. The van der Waals surface area contributed by atoms with Crippen molar-refractivity contribution in [1.29, 1.82) is 0 Å².